The van der Waals surface area contributed by atoms with Crippen LogP contribution in [0.25, 0.3) is 0 Å². The molecule has 1 aromatic rings. The van der Waals surface area contributed by atoms with Crippen molar-refractivity contribution in [2.24, 2.45) is 17.3 Å². The van der Waals surface area contributed by atoms with Crippen molar-refractivity contribution in [3.8, 4) is 5.75 Å². The van der Waals surface area contributed by atoms with E-state index in [9.17, 15) is 8.42 Å². The Morgan fingerprint density at radius 3 is 3.00 bits per heavy atom. The summed E-state index contributed by atoms with van der Waals surface area (Å²) in [4.78, 5) is 0. The average Bonchev–Trinajstić information content (AvgIpc) is 3.09. The lowest BCUT2D eigenvalue weighted by molar-refractivity contribution is -0.00567. The van der Waals surface area contributed by atoms with Gasteiger partial charge >= 0.3 is 10.4 Å². The normalized spacial score (nSPS) is 41.1. The van der Waals surface area contributed by atoms with Gasteiger partial charge in [0.05, 0.1) is 0 Å². The number of aryl methyl sites for hydroxylation is 1. The number of hydrogen-bond acceptors (Lipinski definition) is 5. The van der Waals surface area contributed by atoms with Crippen molar-refractivity contribution in [2.75, 3.05) is 6.61 Å². The number of ether oxygens (including phenoxy) is 1. The van der Waals surface area contributed by atoms with Gasteiger partial charge in [0, 0.05) is 5.41 Å². The van der Waals surface area contributed by atoms with Gasteiger partial charge in [0.1, 0.15) is 24.6 Å². The third-order valence-electron chi connectivity index (χ3n) is 7.44. The third-order valence-corrected chi connectivity index (χ3v) is 8.37. The highest BCUT2D eigenvalue weighted by Gasteiger charge is 2.63. The Morgan fingerprint density at radius 1 is 1.33 bits per heavy atom. The first kappa shape index (κ1) is 17.7. The zero-order valence-corrected chi connectivity index (χ0v) is 16.4. The van der Waals surface area contributed by atoms with Gasteiger partial charge in [-0.25, -0.2) is 8.37 Å². The van der Waals surface area contributed by atoms with Crippen LogP contribution in [0.4, 0.5) is 0 Å². The van der Waals surface area contributed by atoms with E-state index in [1.54, 1.807) is 6.08 Å². The molecule has 4 aliphatic rings. The first-order valence-electron chi connectivity index (χ1n) is 9.89. The lowest BCUT2D eigenvalue weighted by Crippen LogP contribution is -2.44. The molecule has 5 nitrogen and oxygen atoms in total. The Balaban J connectivity index is 1.42. The maximum Gasteiger partial charge on any atom is 0.400 e. The van der Waals surface area contributed by atoms with Gasteiger partial charge in [-0.1, -0.05) is 25.6 Å². The molecule has 0 amide bonds. The smallest absolute Gasteiger partial charge is 0.400 e. The molecule has 1 heterocycles. The van der Waals surface area contributed by atoms with Crippen molar-refractivity contribution in [1.82, 2.24) is 0 Å². The minimum absolute atomic E-state index is 0.111. The van der Waals surface area contributed by atoms with Crippen molar-refractivity contribution >= 4 is 10.4 Å². The number of benzene rings is 1. The van der Waals surface area contributed by atoms with Gasteiger partial charge in [0.25, 0.3) is 0 Å². The summed E-state index contributed by atoms with van der Waals surface area (Å²) in [5.74, 6) is 2.47. The van der Waals surface area contributed by atoms with Crippen molar-refractivity contribution < 1.29 is 21.5 Å². The summed E-state index contributed by atoms with van der Waals surface area (Å²) >= 11 is 0. The minimum Gasteiger partial charge on any atom is -0.490 e. The van der Waals surface area contributed by atoms with Crippen LogP contribution in [0, 0.1) is 17.3 Å². The molecule has 6 heteroatoms. The van der Waals surface area contributed by atoms with E-state index in [1.165, 1.54) is 11.1 Å². The van der Waals surface area contributed by atoms with Crippen LogP contribution in [0.5, 0.6) is 5.75 Å². The van der Waals surface area contributed by atoms with Crippen LogP contribution in [-0.4, -0.2) is 27.2 Å². The van der Waals surface area contributed by atoms with Gasteiger partial charge in [0.15, 0.2) is 0 Å². The Hall–Kier alpha value is -1.37. The minimum atomic E-state index is -3.81. The highest BCUT2D eigenvalue weighted by molar-refractivity contribution is 7.82. The van der Waals surface area contributed by atoms with Gasteiger partial charge in [0.2, 0.25) is 0 Å². The van der Waals surface area contributed by atoms with E-state index in [0.717, 1.165) is 37.9 Å². The summed E-state index contributed by atoms with van der Waals surface area (Å²) in [6, 6.07) is 6.49. The highest BCUT2D eigenvalue weighted by Crippen LogP contribution is 2.63. The Bertz CT molecular complexity index is 879. The summed E-state index contributed by atoms with van der Waals surface area (Å²) < 4.78 is 39.8. The zero-order chi connectivity index (χ0) is 18.8. The number of fused-ring (bicyclic) bond motifs is 7. The molecule has 0 radical (unpaired) electrons. The SMILES string of the molecule is C=CCOc1ccc2c(c1)CC[C@@H]1[C@@H]2CC[C@@]2(C)[C@H]1C[C@@H]1OS(=O)(=O)O[C@@H]12. The fourth-order valence-corrected chi connectivity index (χ4v) is 7.44. The van der Waals surface area contributed by atoms with E-state index < -0.39 is 10.4 Å². The fraction of sp³-hybridized carbons (Fsp3) is 0.619. The molecule has 1 aliphatic heterocycles. The van der Waals surface area contributed by atoms with Gasteiger partial charge in [-0.05, 0) is 73.1 Å². The van der Waals surface area contributed by atoms with Gasteiger partial charge in [-0.15, -0.1) is 0 Å². The topological polar surface area (TPSA) is 61.8 Å². The molecule has 0 bridgehead atoms. The molecular formula is C21H26O5S. The van der Waals surface area contributed by atoms with Crippen LogP contribution < -0.4 is 4.74 Å². The van der Waals surface area contributed by atoms with Crippen molar-refractivity contribution in [2.45, 2.75) is 57.2 Å². The predicted molar refractivity (Wildman–Crippen MR) is 101 cm³/mol. The second kappa shape index (κ2) is 6.06. The average molecular weight is 391 g/mol. The molecule has 2 saturated carbocycles. The molecule has 27 heavy (non-hydrogen) atoms. The van der Waals surface area contributed by atoms with Crippen LogP contribution in [0.3, 0.4) is 0 Å². The van der Waals surface area contributed by atoms with E-state index in [-0.39, 0.29) is 17.6 Å². The van der Waals surface area contributed by atoms with E-state index in [1.807, 2.05) is 0 Å². The molecule has 1 saturated heterocycles. The maximum absolute atomic E-state index is 11.8. The molecule has 3 fully saturated rings. The monoisotopic (exact) mass is 390 g/mol. The Morgan fingerprint density at radius 2 is 2.19 bits per heavy atom. The van der Waals surface area contributed by atoms with Gasteiger partial charge < -0.3 is 4.74 Å². The van der Waals surface area contributed by atoms with E-state index in [0.29, 0.717) is 24.4 Å². The van der Waals surface area contributed by atoms with Crippen LogP contribution >= 0.6 is 0 Å². The highest BCUT2D eigenvalue weighted by atomic mass is 32.3. The molecule has 0 N–H and O–H groups in total. The summed E-state index contributed by atoms with van der Waals surface area (Å²) in [5.41, 5.74) is 2.74. The molecule has 3 aliphatic carbocycles. The van der Waals surface area contributed by atoms with Crippen LogP contribution in [-0.2, 0) is 25.2 Å². The number of hydrogen-bond donors (Lipinski definition) is 0. The molecule has 1 aromatic carbocycles. The standard InChI is InChI=1S/C21H26O5S/c1-3-10-24-14-5-7-15-13(11-14)4-6-17-16(15)8-9-21(2)18(17)12-19-20(21)26-27(22,23)25-19/h3,5,7,11,16-20H,1,4,6,8-10,12H2,2H3/t16-,17-,18+,19+,20+,21+/m1/s1. The van der Waals surface area contributed by atoms with E-state index in [2.05, 4.69) is 31.7 Å². The maximum atomic E-state index is 11.8. The second-order valence-corrected chi connectivity index (χ2v) is 9.92. The zero-order valence-electron chi connectivity index (χ0n) is 15.6. The Kier molecular flexibility index (Phi) is 3.98. The van der Waals surface area contributed by atoms with E-state index in [4.69, 9.17) is 13.1 Å². The fourth-order valence-electron chi connectivity index (χ4n) is 6.31. The molecule has 5 rings (SSSR count). The summed E-state index contributed by atoms with van der Waals surface area (Å²) in [5, 5.41) is 0. The third kappa shape index (κ3) is 2.68. The predicted octanol–water partition coefficient (Wildman–Crippen LogP) is 3.75. The van der Waals surface area contributed by atoms with E-state index >= 15 is 0 Å². The first-order chi connectivity index (χ1) is 12.9. The largest absolute Gasteiger partial charge is 0.490 e. The first-order valence-corrected chi connectivity index (χ1v) is 11.2. The summed E-state index contributed by atoms with van der Waals surface area (Å²) in [7, 11) is -3.81. The molecule has 146 valence electrons. The van der Waals surface area contributed by atoms with Crippen LogP contribution in [0.15, 0.2) is 30.9 Å². The van der Waals surface area contributed by atoms with Crippen LogP contribution in [0.2, 0.25) is 0 Å². The summed E-state index contributed by atoms with van der Waals surface area (Å²) in [6.45, 7) is 6.44. The van der Waals surface area contributed by atoms with Crippen LogP contribution in [0.1, 0.15) is 49.7 Å². The van der Waals surface area contributed by atoms with Gasteiger partial charge in [-0.3, -0.25) is 0 Å². The van der Waals surface area contributed by atoms with Gasteiger partial charge in [-0.2, -0.15) is 8.42 Å². The van der Waals surface area contributed by atoms with Crippen molar-refractivity contribution in [3.63, 3.8) is 0 Å². The lowest BCUT2D eigenvalue weighted by Gasteiger charge is -2.50. The van der Waals surface area contributed by atoms with Crippen molar-refractivity contribution in [3.05, 3.63) is 42.0 Å². The lowest BCUT2D eigenvalue weighted by atomic mass is 9.55. The summed E-state index contributed by atoms with van der Waals surface area (Å²) in [6.07, 6.45) is 6.16. The molecule has 6 atom stereocenters. The van der Waals surface area contributed by atoms with Crippen molar-refractivity contribution in [1.29, 1.82) is 0 Å². The second-order valence-electron chi connectivity index (χ2n) is 8.72. The quantitative estimate of drug-likeness (QED) is 0.736. The number of rotatable bonds is 3. The molecular weight excluding hydrogens is 364 g/mol. The molecule has 0 unspecified atom stereocenters. The Labute approximate surface area is 161 Å². The molecule has 0 spiro atoms. The molecule has 0 aromatic heterocycles.